The summed E-state index contributed by atoms with van der Waals surface area (Å²) in [5.74, 6) is 1.15. The summed E-state index contributed by atoms with van der Waals surface area (Å²) in [5, 5.41) is 9.48. The van der Waals surface area contributed by atoms with E-state index in [2.05, 4.69) is 10.1 Å². The number of rotatable bonds is 2. The first-order valence-corrected chi connectivity index (χ1v) is 11.3. The van der Waals surface area contributed by atoms with Gasteiger partial charge in [-0.25, -0.2) is 14.1 Å². The van der Waals surface area contributed by atoms with Crippen LogP contribution in [0.2, 0.25) is 0 Å². The fourth-order valence-electron chi connectivity index (χ4n) is 4.74. The molecular formula is C25H25FN6O. The molecule has 2 bridgehead atoms. The molecule has 6 rings (SSSR count). The minimum atomic E-state index is -0.467. The van der Waals surface area contributed by atoms with E-state index >= 15 is 0 Å². The Kier molecular flexibility index (Phi) is 4.50. The highest BCUT2D eigenvalue weighted by molar-refractivity contribution is 5.72. The maximum atomic E-state index is 14.2. The summed E-state index contributed by atoms with van der Waals surface area (Å²) in [5.41, 5.74) is 12.8. The van der Waals surface area contributed by atoms with E-state index in [1.54, 1.807) is 18.5 Å². The van der Waals surface area contributed by atoms with Crippen LogP contribution >= 0.6 is 0 Å². The second-order valence-corrected chi connectivity index (χ2v) is 9.02. The molecule has 2 N–H and O–H groups in total. The van der Waals surface area contributed by atoms with Crippen LogP contribution in [0.4, 0.5) is 10.2 Å². The molecule has 3 aromatic heterocycles. The van der Waals surface area contributed by atoms with E-state index in [1.807, 2.05) is 35.5 Å². The lowest BCUT2D eigenvalue weighted by molar-refractivity contribution is 0.226. The molecule has 7 nitrogen and oxygen atoms in total. The second kappa shape index (κ2) is 7.43. The fourth-order valence-corrected chi connectivity index (χ4v) is 4.74. The number of nitrogen functional groups attached to an aromatic ring is 1. The molecule has 0 spiro atoms. The number of ether oxygens (including phenoxy) is 1. The van der Waals surface area contributed by atoms with Gasteiger partial charge in [-0.05, 0) is 62.4 Å². The van der Waals surface area contributed by atoms with Crippen LogP contribution in [0.25, 0.3) is 16.8 Å². The Morgan fingerprint density at radius 3 is 2.88 bits per heavy atom. The zero-order chi connectivity index (χ0) is 22.7. The summed E-state index contributed by atoms with van der Waals surface area (Å²) in [6.07, 6.45) is 7.17. The van der Waals surface area contributed by atoms with Crippen molar-refractivity contribution in [2.45, 2.75) is 38.7 Å². The third kappa shape index (κ3) is 3.46. The van der Waals surface area contributed by atoms with Crippen molar-refractivity contribution in [3.8, 4) is 22.6 Å². The Balaban J connectivity index is 1.60. The first-order valence-electron chi connectivity index (χ1n) is 11.3. The van der Waals surface area contributed by atoms with Crippen LogP contribution in [0.1, 0.15) is 48.5 Å². The van der Waals surface area contributed by atoms with Gasteiger partial charge in [-0.1, -0.05) is 0 Å². The first-order chi connectivity index (χ1) is 16.0. The number of halogens is 1. The van der Waals surface area contributed by atoms with Crippen molar-refractivity contribution < 1.29 is 9.13 Å². The smallest absolute Gasteiger partial charge is 0.166 e. The molecule has 168 valence electrons. The molecule has 8 heteroatoms. The number of hydrogen-bond acceptors (Lipinski definition) is 5. The number of pyridine rings is 1. The number of anilines is 1. The van der Waals surface area contributed by atoms with Crippen molar-refractivity contribution in [2.24, 2.45) is 13.0 Å². The molecule has 1 saturated carbocycles. The summed E-state index contributed by atoms with van der Waals surface area (Å²) in [6.45, 7) is 1.88. The average molecular weight is 445 g/mol. The molecule has 2 aliphatic rings. The normalized spacial score (nSPS) is 17.2. The van der Waals surface area contributed by atoms with Gasteiger partial charge in [-0.15, -0.1) is 0 Å². The van der Waals surface area contributed by atoms with Crippen molar-refractivity contribution in [3.63, 3.8) is 0 Å². The molecule has 0 radical (unpaired) electrons. The van der Waals surface area contributed by atoms with Crippen LogP contribution in [0, 0.1) is 11.7 Å². The average Bonchev–Trinajstić information content (AvgIpc) is 3.41. The van der Waals surface area contributed by atoms with E-state index in [9.17, 15) is 4.39 Å². The first kappa shape index (κ1) is 20.0. The van der Waals surface area contributed by atoms with Gasteiger partial charge in [0.05, 0.1) is 17.1 Å². The SMILES string of the molecule is CC1Oc2cc(cnc2N)-c2c(nn(C)c2CC2CC2)Cc2ccnn2-c2ccc(F)cc21. The molecule has 1 aliphatic heterocycles. The van der Waals surface area contributed by atoms with Crippen molar-refractivity contribution in [3.05, 3.63) is 71.2 Å². The van der Waals surface area contributed by atoms with Gasteiger partial charge >= 0.3 is 0 Å². The predicted octanol–water partition coefficient (Wildman–Crippen LogP) is 4.39. The van der Waals surface area contributed by atoms with Crippen molar-refractivity contribution >= 4 is 5.82 Å². The number of benzene rings is 1. The molecule has 0 amide bonds. The second-order valence-electron chi connectivity index (χ2n) is 9.02. The number of nitrogens with two attached hydrogens (primary N) is 1. The highest BCUT2D eigenvalue weighted by Crippen LogP contribution is 2.40. The summed E-state index contributed by atoms with van der Waals surface area (Å²) in [6, 6.07) is 8.59. The van der Waals surface area contributed by atoms with Gasteiger partial charge in [0.2, 0.25) is 0 Å². The molecule has 0 saturated heterocycles. The van der Waals surface area contributed by atoms with E-state index in [0.717, 1.165) is 34.6 Å². The zero-order valence-corrected chi connectivity index (χ0v) is 18.6. The van der Waals surface area contributed by atoms with Gasteiger partial charge in [-0.3, -0.25) is 4.68 Å². The van der Waals surface area contributed by atoms with Crippen molar-refractivity contribution in [1.82, 2.24) is 24.5 Å². The van der Waals surface area contributed by atoms with E-state index in [-0.39, 0.29) is 5.82 Å². The van der Waals surface area contributed by atoms with E-state index in [0.29, 0.717) is 29.5 Å². The van der Waals surface area contributed by atoms with Crippen LogP contribution in [0.3, 0.4) is 0 Å². The number of hydrogen-bond donors (Lipinski definition) is 1. The summed E-state index contributed by atoms with van der Waals surface area (Å²) in [4.78, 5) is 4.44. The number of aryl methyl sites for hydroxylation is 1. The molecular weight excluding hydrogens is 419 g/mol. The largest absolute Gasteiger partial charge is 0.482 e. The van der Waals surface area contributed by atoms with Gasteiger partial charge in [0, 0.05) is 48.2 Å². The van der Waals surface area contributed by atoms with Crippen LogP contribution in [0.5, 0.6) is 5.75 Å². The molecule has 1 aromatic carbocycles. The lowest BCUT2D eigenvalue weighted by Gasteiger charge is -2.21. The topological polar surface area (TPSA) is 83.8 Å². The van der Waals surface area contributed by atoms with Gasteiger partial charge in [0.1, 0.15) is 11.9 Å². The predicted molar refractivity (Wildman–Crippen MR) is 123 cm³/mol. The summed E-state index contributed by atoms with van der Waals surface area (Å²) >= 11 is 0. The molecule has 1 atom stereocenters. The van der Waals surface area contributed by atoms with Crippen LogP contribution in [-0.4, -0.2) is 24.5 Å². The third-order valence-corrected chi connectivity index (χ3v) is 6.62. The van der Waals surface area contributed by atoms with Crippen LogP contribution in [-0.2, 0) is 19.9 Å². The van der Waals surface area contributed by atoms with E-state index < -0.39 is 6.10 Å². The van der Waals surface area contributed by atoms with E-state index in [4.69, 9.17) is 15.6 Å². The third-order valence-electron chi connectivity index (χ3n) is 6.62. The maximum Gasteiger partial charge on any atom is 0.166 e. The monoisotopic (exact) mass is 444 g/mol. The Morgan fingerprint density at radius 1 is 1.21 bits per heavy atom. The fraction of sp³-hybridized carbons (Fsp3) is 0.320. The molecule has 33 heavy (non-hydrogen) atoms. The van der Waals surface area contributed by atoms with Crippen LogP contribution in [0.15, 0.2) is 42.7 Å². The molecule has 4 heterocycles. The summed E-state index contributed by atoms with van der Waals surface area (Å²) in [7, 11) is 2.00. The van der Waals surface area contributed by atoms with E-state index in [1.165, 1.54) is 30.7 Å². The molecule has 1 unspecified atom stereocenters. The summed E-state index contributed by atoms with van der Waals surface area (Å²) < 4.78 is 24.4. The zero-order valence-electron chi connectivity index (χ0n) is 18.6. The Hall–Kier alpha value is -3.68. The lowest BCUT2D eigenvalue weighted by Crippen LogP contribution is -2.13. The van der Waals surface area contributed by atoms with Gasteiger partial charge in [0.25, 0.3) is 0 Å². The molecule has 1 fully saturated rings. The Labute approximate surface area is 191 Å². The standard InChI is InChI=1S/C25H25FN6O/c1-14-19-11-17(26)5-6-21(19)32-18(7-8-29-32)12-20-24(16-10-23(33-14)25(27)28-13-16)22(31(2)30-20)9-15-3-4-15/h5-8,10-11,13-15H,3-4,9,12H2,1-2H3,(H2,27,28). The van der Waals surface area contributed by atoms with Crippen molar-refractivity contribution in [2.75, 3.05) is 5.73 Å². The Bertz CT molecular complexity index is 1370. The number of aromatic nitrogens is 5. The highest BCUT2D eigenvalue weighted by atomic mass is 19.1. The number of nitrogens with zero attached hydrogens (tertiary/aromatic N) is 5. The van der Waals surface area contributed by atoms with Crippen LogP contribution < -0.4 is 10.5 Å². The van der Waals surface area contributed by atoms with Gasteiger partial charge in [-0.2, -0.15) is 10.2 Å². The minimum absolute atomic E-state index is 0.301. The highest BCUT2D eigenvalue weighted by Gasteiger charge is 2.29. The van der Waals surface area contributed by atoms with Gasteiger partial charge < -0.3 is 10.5 Å². The number of fused-ring (bicyclic) bond motifs is 7. The molecule has 1 aliphatic carbocycles. The lowest BCUT2D eigenvalue weighted by atomic mass is 9.98. The van der Waals surface area contributed by atoms with Gasteiger partial charge in [0.15, 0.2) is 11.6 Å². The Morgan fingerprint density at radius 2 is 2.06 bits per heavy atom. The maximum absolute atomic E-state index is 14.2. The minimum Gasteiger partial charge on any atom is -0.482 e. The van der Waals surface area contributed by atoms with Crippen molar-refractivity contribution in [1.29, 1.82) is 0 Å². The molecule has 4 aromatic rings. The quantitative estimate of drug-likeness (QED) is 0.496.